The van der Waals surface area contributed by atoms with Crippen molar-refractivity contribution in [3.63, 3.8) is 0 Å². The van der Waals surface area contributed by atoms with E-state index in [9.17, 15) is 14.4 Å². The molecule has 130 valence electrons. The van der Waals surface area contributed by atoms with Crippen molar-refractivity contribution in [1.29, 1.82) is 0 Å². The van der Waals surface area contributed by atoms with Crippen molar-refractivity contribution in [1.82, 2.24) is 0 Å². The molecule has 0 fully saturated rings. The number of carbonyl (C=O) groups excluding carboxylic acids is 2. The Labute approximate surface area is 146 Å². The highest BCUT2D eigenvalue weighted by Gasteiger charge is 2.27. The number of primary amides is 1. The first kappa shape index (κ1) is 18.4. The molecule has 0 spiro atoms. The van der Waals surface area contributed by atoms with Crippen LogP contribution in [0.4, 0.5) is 0 Å². The van der Waals surface area contributed by atoms with Crippen LogP contribution < -0.4 is 5.73 Å². The minimum absolute atomic E-state index is 0.0424. The lowest BCUT2D eigenvalue weighted by atomic mass is 9.85. The molecule has 1 amide bonds. The molecular formula is C20H21NO4. The highest BCUT2D eigenvalue weighted by molar-refractivity contribution is 5.98. The molecule has 5 heteroatoms. The van der Waals surface area contributed by atoms with Gasteiger partial charge in [0.25, 0.3) is 0 Å². The van der Waals surface area contributed by atoms with E-state index in [2.05, 4.69) is 0 Å². The van der Waals surface area contributed by atoms with E-state index in [0.717, 1.165) is 5.56 Å². The molecule has 3 N–H and O–H groups in total. The Balaban J connectivity index is 2.18. The minimum atomic E-state index is -1.28. The highest BCUT2D eigenvalue weighted by Crippen LogP contribution is 2.22. The zero-order valence-corrected chi connectivity index (χ0v) is 13.8. The van der Waals surface area contributed by atoms with Gasteiger partial charge in [-0.2, -0.15) is 0 Å². The molecule has 2 rings (SSSR count). The summed E-state index contributed by atoms with van der Waals surface area (Å²) in [6, 6.07) is 18.4. The van der Waals surface area contributed by atoms with Crippen molar-refractivity contribution < 1.29 is 19.5 Å². The Morgan fingerprint density at radius 3 is 1.96 bits per heavy atom. The maximum absolute atomic E-state index is 12.8. The van der Waals surface area contributed by atoms with Crippen LogP contribution in [0.15, 0.2) is 60.7 Å². The van der Waals surface area contributed by atoms with Crippen molar-refractivity contribution in [2.75, 3.05) is 0 Å². The van der Waals surface area contributed by atoms with Gasteiger partial charge in [0.15, 0.2) is 5.78 Å². The zero-order chi connectivity index (χ0) is 18.2. The van der Waals surface area contributed by atoms with Crippen molar-refractivity contribution in [3.05, 3.63) is 71.8 Å². The molecule has 0 bridgehead atoms. The number of benzene rings is 2. The fraction of sp³-hybridized carbons (Fsp3) is 0.250. The number of amides is 1. The molecule has 2 unspecified atom stereocenters. The SMILES string of the molecule is NC(=O)C(CCC(Cc1ccccc1)C(=O)c1ccccc1)C(=O)O. The van der Waals surface area contributed by atoms with Crippen LogP contribution in [-0.4, -0.2) is 22.8 Å². The van der Waals surface area contributed by atoms with E-state index in [-0.39, 0.29) is 18.6 Å². The number of aliphatic carboxylic acids is 1. The molecule has 0 aromatic heterocycles. The van der Waals surface area contributed by atoms with Gasteiger partial charge in [-0.05, 0) is 24.8 Å². The van der Waals surface area contributed by atoms with E-state index in [1.165, 1.54) is 0 Å². The van der Waals surface area contributed by atoms with Crippen molar-refractivity contribution in [3.8, 4) is 0 Å². The zero-order valence-electron chi connectivity index (χ0n) is 13.8. The lowest BCUT2D eigenvalue weighted by molar-refractivity contribution is -0.146. The van der Waals surface area contributed by atoms with Gasteiger partial charge < -0.3 is 10.8 Å². The van der Waals surface area contributed by atoms with Crippen LogP contribution in [0.1, 0.15) is 28.8 Å². The van der Waals surface area contributed by atoms with Crippen LogP contribution in [0.25, 0.3) is 0 Å². The molecule has 2 aromatic rings. The van der Waals surface area contributed by atoms with Crippen molar-refractivity contribution in [2.45, 2.75) is 19.3 Å². The second kappa shape index (κ2) is 8.78. The number of hydrogen-bond donors (Lipinski definition) is 2. The maximum atomic E-state index is 12.8. The average molecular weight is 339 g/mol. The fourth-order valence-electron chi connectivity index (χ4n) is 2.82. The lowest BCUT2D eigenvalue weighted by Crippen LogP contribution is -2.31. The summed E-state index contributed by atoms with van der Waals surface area (Å²) in [5, 5.41) is 9.12. The normalized spacial score (nSPS) is 13.0. The van der Waals surface area contributed by atoms with Crippen molar-refractivity contribution in [2.24, 2.45) is 17.6 Å². The minimum Gasteiger partial charge on any atom is -0.481 e. The summed E-state index contributed by atoms with van der Waals surface area (Å²) in [5.74, 6) is -3.87. The van der Waals surface area contributed by atoms with Crippen LogP contribution in [0.3, 0.4) is 0 Å². The van der Waals surface area contributed by atoms with E-state index in [1.54, 1.807) is 24.3 Å². The van der Waals surface area contributed by atoms with E-state index >= 15 is 0 Å². The summed E-state index contributed by atoms with van der Waals surface area (Å²) in [4.78, 5) is 35.3. The number of carboxylic acids is 1. The van der Waals surface area contributed by atoms with E-state index < -0.39 is 23.7 Å². The number of nitrogens with two attached hydrogens (primary N) is 1. The highest BCUT2D eigenvalue weighted by atomic mass is 16.4. The quantitative estimate of drug-likeness (QED) is 0.542. The number of rotatable bonds is 9. The standard InChI is InChI=1S/C20H21NO4/c21-19(23)17(20(24)25)12-11-16(13-14-7-3-1-4-8-14)18(22)15-9-5-2-6-10-15/h1-10,16-17H,11-13H2,(H2,21,23)(H,24,25). The molecule has 5 nitrogen and oxygen atoms in total. The Morgan fingerprint density at radius 1 is 0.880 bits per heavy atom. The van der Waals surface area contributed by atoms with Gasteiger partial charge in [0.1, 0.15) is 5.92 Å². The third-order valence-electron chi connectivity index (χ3n) is 4.20. The predicted octanol–water partition coefficient (Wildman–Crippen LogP) is 2.69. The fourth-order valence-corrected chi connectivity index (χ4v) is 2.82. The summed E-state index contributed by atoms with van der Waals surface area (Å²) in [6.07, 6.45) is 0.808. The average Bonchev–Trinajstić information content (AvgIpc) is 2.61. The molecule has 0 radical (unpaired) electrons. The lowest BCUT2D eigenvalue weighted by Gasteiger charge is -2.18. The van der Waals surface area contributed by atoms with Crippen LogP contribution in [0, 0.1) is 11.8 Å². The molecule has 0 aliphatic rings. The topological polar surface area (TPSA) is 97.5 Å². The van der Waals surface area contributed by atoms with Crippen LogP contribution >= 0.6 is 0 Å². The molecular weight excluding hydrogens is 318 g/mol. The van der Waals surface area contributed by atoms with Crippen LogP contribution in [-0.2, 0) is 16.0 Å². The number of hydrogen-bond acceptors (Lipinski definition) is 3. The molecule has 2 atom stereocenters. The second-order valence-electron chi connectivity index (χ2n) is 5.99. The summed E-state index contributed by atoms with van der Waals surface area (Å²) in [6.45, 7) is 0. The van der Waals surface area contributed by atoms with E-state index in [0.29, 0.717) is 12.0 Å². The van der Waals surface area contributed by atoms with Gasteiger partial charge in [0, 0.05) is 11.5 Å². The van der Waals surface area contributed by atoms with Gasteiger partial charge in [-0.15, -0.1) is 0 Å². The van der Waals surface area contributed by atoms with Crippen LogP contribution in [0.5, 0.6) is 0 Å². The summed E-state index contributed by atoms with van der Waals surface area (Å²) < 4.78 is 0. The summed E-state index contributed by atoms with van der Waals surface area (Å²) in [5.41, 5.74) is 6.73. The molecule has 0 heterocycles. The van der Waals surface area contributed by atoms with Gasteiger partial charge in [-0.1, -0.05) is 60.7 Å². The third kappa shape index (κ3) is 5.28. The number of ketones is 1. The first-order valence-electron chi connectivity index (χ1n) is 8.14. The Hall–Kier alpha value is -2.95. The van der Waals surface area contributed by atoms with Crippen LogP contribution in [0.2, 0.25) is 0 Å². The van der Waals surface area contributed by atoms with Gasteiger partial charge in [0.05, 0.1) is 0 Å². The first-order chi connectivity index (χ1) is 12.0. The molecule has 25 heavy (non-hydrogen) atoms. The number of carbonyl (C=O) groups is 3. The smallest absolute Gasteiger partial charge is 0.316 e. The van der Waals surface area contributed by atoms with Gasteiger partial charge in [-0.25, -0.2) is 0 Å². The molecule has 2 aromatic carbocycles. The monoisotopic (exact) mass is 339 g/mol. The molecule has 0 saturated heterocycles. The maximum Gasteiger partial charge on any atom is 0.316 e. The predicted molar refractivity (Wildman–Crippen MR) is 94.0 cm³/mol. The van der Waals surface area contributed by atoms with Gasteiger partial charge in [-0.3, -0.25) is 14.4 Å². The van der Waals surface area contributed by atoms with Gasteiger partial charge in [0.2, 0.25) is 5.91 Å². The largest absolute Gasteiger partial charge is 0.481 e. The number of carboxylic acid groups (broad SMARTS) is 1. The summed E-state index contributed by atoms with van der Waals surface area (Å²) in [7, 11) is 0. The van der Waals surface area contributed by atoms with E-state index in [4.69, 9.17) is 10.8 Å². The first-order valence-corrected chi connectivity index (χ1v) is 8.14. The second-order valence-corrected chi connectivity index (χ2v) is 5.99. The Kier molecular flexibility index (Phi) is 6.46. The third-order valence-corrected chi connectivity index (χ3v) is 4.20. The molecule has 0 saturated carbocycles. The molecule has 0 aliphatic heterocycles. The Bertz CT molecular complexity index is 714. The van der Waals surface area contributed by atoms with Gasteiger partial charge >= 0.3 is 5.97 Å². The molecule has 0 aliphatic carbocycles. The van der Waals surface area contributed by atoms with E-state index in [1.807, 2.05) is 36.4 Å². The number of Topliss-reactive ketones (excluding diaryl/α,β-unsaturated/α-hetero) is 1. The van der Waals surface area contributed by atoms with Crippen molar-refractivity contribution >= 4 is 17.7 Å². The summed E-state index contributed by atoms with van der Waals surface area (Å²) >= 11 is 0. The Morgan fingerprint density at radius 2 is 1.44 bits per heavy atom.